The molecule has 0 aliphatic carbocycles. The molecule has 1 N–H and O–H groups in total. The number of aryl methyl sites for hydroxylation is 1. The van der Waals surface area contributed by atoms with Gasteiger partial charge >= 0.3 is 0 Å². The van der Waals surface area contributed by atoms with Crippen LogP contribution in [0.4, 0.5) is 0 Å². The van der Waals surface area contributed by atoms with Gasteiger partial charge in [0.05, 0.1) is 11.4 Å². The third-order valence-corrected chi connectivity index (χ3v) is 4.58. The van der Waals surface area contributed by atoms with Crippen molar-refractivity contribution >= 4 is 32.8 Å². The lowest BCUT2D eigenvalue weighted by Gasteiger charge is -2.22. The Labute approximate surface area is 158 Å². The summed E-state index contributed by atoms with van der Waals surface area (Å²) in [7, 11) is 3.81. The average Bonchev–Trinajstić information content (AvgIpc) is 3.00. The van der Waals surface area contributed by atoms with E-state index in [-0.39, 0.29) is 17.2 Å². The molecule has 1 amide bonds. The zero-order valence-corrected chi connectivity index (χ0v) is 16.3. The van der Waals surface area contributed by atoms with E-state index >= 15 is 0 Å². The van der Waals surface area contributed by atoms with Gasteiger partial charge in [0.1, 0.15) is 17.1 Å². The number of amides is 1. The van der Waals surface area contributed by atoms with Gasteiger partial charge in [0, 0.05) is 17.1 Å². The standard InChI is InChI=1S/C19H19BrN2O4/c1-11-4-7-16(25-11)14(22(2)3)10-21-19(24)18-9-15(23)13-6-5-12(20)8-17(13)26-18/h4-9,14H,10H2,1-3H3,(H,21,24)/t14-/m1/s1. The minimum atomic E-state index is -0.445. The molecule has 7 heteroatoms. The van der Waals surface area contributed by atoms with E-state index in [0.29, 0.717) is 17.5 Å². The second-order valence-corrected chi connectivity index (χ2v) is 7.17. The molecule has 0 radical (unpaired) electrons. The number of furan rings is 1. The van der Waals surface area contributed by atoms with E-state index in [2.05, 4.69) is 21.2 Å². The number of carbonyl (C=O) groups is 1. The molecule has 0 aliphatic heterocycles. The van der Waals surface area contributed by atoms with E-state index in [4.69, 9.17) is 8.83 Å². The Hall–Kier alpha value is -2.38. The summed E-state index contributed by atoms with van der Waals surface area (Å²) in [5.41, 5.74) is 0.109. The van der Waals surface area contributed by atoms with Gasteiger partial charge in [-0.3, -0.25) is 14.5 Å². The third kappa shape index (κ3) is 3.89. The lowest BCUT2D eigenvalue weighted by atomic mass is 10.2. The second kappa shape index (κ2) is 7.47. The van der Waals surface area contributed by atoms with E-state index in [1.807, 2.05) is 38.1 Å². The quantitative estimate of drug-likeness (QED) is 0.686. The molecule has 0 aliphatic rings. The highest BCUT2D eigenvalue weighted by molar-refractivity contribution is 9.10. The third-order valence-electron chi connectivity index (χ3n) is 4.08. The predicted molar refractivity (Wildman–Crippen MR) is 102 cm³/mol. The number of benzene rings is 1. The number of nitrogens with one attached hydrogen (secondary N) is 1. The predicted octanol–water partition coefficient (Wildman–Crippen LogP) is 3.49. The molecule has 0 unspecified atom stereocenters. The maximum absolute atomic E-state index is 12.5. The van der Waals surface area contributed by atoms with Crippen molar-refractivity contribution in [2.45, 2.75) is 13.0 Å². The lowest BCUT2D eigenvalue weighted by molar-refractivity contribution is 0.0911. The minimum Gasteiger partial charge on any atom is -0.465 e. The molecule has 1 aromatic carbocycles. The number of fused-ring (bicyclic) bond motifs is 1. The van der Waals surface area contributed by atoms with E-state index in [1.165, 1.54) is 6.07 Å². The maximum Gasteiger partial charge on any atom is 0.287 e. The molecule has 0 bridgehead atoms. The summed E-state index contributed by atoms with van der Waals surface area (Å²) in [6.45, 7) is 2.19. The Balaban J connectivity index is 1.81. The first-order chi connectivity index (χ1) is 12.3. The zero-order chi connectivity index (χ0) is 18.8. The van der Waals surface area contributed by atoms with Gasteiger partial charge in [-0.2, -0.15) is 0 Å². The summed E-state index contributed by atoms with van der Waals surface area (Å²) in [4.78, 5) is 26.6. The average molecular weight is 419 g/mol. The van der Waals surface area contributed by atoms with Crippen LogP contribution in [0.15, 0.2) is 54.5 Å². The van der Waals surface area contributed by atoms with Crippen LogP contribution in [0.1, 0.15) is 28.1 Å². The minimum absolute atomic E-state index is 0.0197. The fraction of sp³-hybridized carbons (Fsp3) is 0.263. The van der Waals surface area contributed by atoms with Gasteiger partial charge in [-0.1, -0.05) is 15.9 Å². The van der Waals surface area contributed by atoms with Gasteiger partial charge in [-0.05, 0) is 51.4 Å². The Kier molecular flexibility index (Phi) is 5.29. The van der Waals surface area contributed by atoms with Crippen LogP contribution in [0.5, 0.6) is 0 Å². The van der Waals surface area contributed by atoms with Crippen LogP contribution < -0.4 is 10.7 Å². The highest BCUT2D eigenvalue weighted by Crippen LogP contribution is 2.21. The SMILES string of the molecule is Cc1ccc([C@@H](CNC(=O)c2cc(=O)c3ccc(Br)cc3o2)N(C)C)o1. The van der Waals surface area contributed by atoms with Crippen LogP contribution in [-0.2, 0) is 0 Å². The van der Waals surface area contributed by atoms with E-state index in [0.717, 1.165) is 16.0 Å². The second-order valence-electron chi connectivity index (χ2n) is 6.25. The van der Waals surface area contributed by atoms with Crippen molar-refractivity contribution in [3.8, 4) is 0 Å². The highest BCUT2D eigenvalue weighted by atomic mass is 79.9. The Morgan fingerprint density at radius 3 is 2.62 bits per heavy atom. The highest BCUT2D eigenvalue weighted by Gasteiger charge is 2.20. The summed E-state index contributed by atoms with van der Waals surface area (Å²) < 4.78 is 12.0. The Morgan fingerprint density at radius 1 is 1.19 bits per heavy atom. The van der Waals surface area contributed by atoms with E-state index in [9.17, 15) is 9.59 Å². The first-order valence-electron chi connectivity index (χ1n) is 8.09. The summed E-state index contributed by atoms with van der Waals surface area (Å²) in [6.07, 6.45) is 0. The van der Waals surface area contributed by atoms with Crippen molar-refractivity contribution in [1.82, 2.24) is 10.2 Å². The number of rotatable bonds is 5. The Bertz CT molecular complexity index is 1010. The van der Waals surface area contributed by atoms with Gasteiger partial charge in [-0.15, -0.1) is 0 Å². The van der Waals surface area contributed by atoms with Gasteiger partial charge in [0.25, 0.3) is 5.91 Å². The summed E-state index contributed by atoms with van der Waals surface area (Å²) in [6, 6.07) is 9.94. The molecular weight excluding hydrogens is 400 g/mol. The van der Waals surface area contributed by atoms with E-state index < -0.39 is 5.91 Å². The maximum atomic E-state index is 12.5. The number of hydrogen-bond donors (Lipinski definition) is 1. The van der Waals surface area contributed by atoms with Crippen molar-refractivity contribution in [1.29, 1.82) is 0 Å². The molecule has 2 heterocycles. The molecule has 1 atom stereocenters. The number of likely N-dealkylation sites (N-methyl/N-ethyl adjacent to an activating group) is 1. The number of carbonyl (C=O) groups excluding carboxylic acids is 1. The van der Waals surface area contributed by atoms with Gasteiger partial charge in [0.2, 0.25) is 0 Å². The van der Waals surface area contributed by atoms with Gasteiger partial charge in [0.15, 0.2) is 11.2 Å². The van der Waals surface area contributed by atoms with Gasteiger partial charge in [-0.25, -0.2) is 0 Å². The summed E-state index contributed by atoms with van der Waals surface area (Å²) in [5, 5.41) is 3.24. The molecule has 0 saturated heterocycles. The van der Waals surface area contributed by atoms with Crippen LogP contribution in [0, 0.1) is 6.92 Å². The fourth-order valence-electron chi connectivity index (χ4n) is 2.69. The van der Waals surface area contributed by atoms with Crippen molar-refractivity contribution in [2.24, 2.45) is 0 Å². The molecule has 26 heavy (non-hydrogen) atoms. The fourth-order valence-corrected chi connectivity index (χ4v) is 3.03. The summed E-state index contributed by atoms with van der Waals surface area (Å²) >= 11 is 3.33. The molecule has 6 nitrogen and oxygen atoms in total. The van der Waals surface area contributed by atoms with E-state index in [1.54, 1.807) is 18.2 Å². The number of nitrogens with zero attached hydrogens (tertiary/aromatic N) is 1. The molecule has 0 saturated carbocycles. The van der Waals surface area contributed by atoms with Crippen molar-refractivity contribution in [2.75, 3.05) is 20.6 Å². The molecule has 0 fully saturated rings. The van der Waals surface area contributed by atoms with Crippen molar-refractivity contribution < 1.29 is 13.6 Å². The Morgan fingerprint density at radius 2 is 1.96 bits per heavy atom. The number of halogens is 1. The normalized spacial score (nSPS) is 12.5. The first kappa shape index (κ1) is 18.4. The topological polar surface area (TPSA) is 75.7 Å². The van der Waals surface area contributed by atoms with Crippen LogP contribution in [-0.4, -0.2) is 31.4 Å². The van der Waals surface area contributed by atoms with Crippen molar-refractivity contribution in [3.05, 3.63) is 68.4 Å². The summed E-state index contributed by atoms with van der Waals surface area (Å²) in [5.74, 6) is 1.11. The first-order valence-corrected chi connectivity index (χ1v) is 8.89. The number of hydrogen-bond acceptors (Lipinski definition) is 5. The largest absolute Gasteiger partial charge is 0.465 e. The van der Waals surface area contributed by atoms with Crippen molar-refractivity contribution in [3.63, 3.8) is 0 Å². The zero-order valence-electron chi connectivity index (χ0n) is 14.7. The molecular formula is C19H19BrN2O4. The molecule has 3 rings (SSSR count). The van der Waals surface area contributed by atoms with Gasteiger partial charge < -0.3 is 14.2 Å². The monoisotopic (exact) mass is 418 g/mol. The lowest BCUT2D eigenvalue weighted by Crippen LogP contribution is -2.34. The molecule has 2 aromatic heterocycles. The molecule has 136 valence electrons. The van der Waals surface area contributed by atoms with Crippen LogP contribution in [0.3, 0.4) is 0 Å². The van der Waals surface area contributed by atoms with Crippen LogP contribution in [0.25, 0.3) is 11.0 Å². The smallest absolute Gasteiger partial charge is 0.287 e. The molecule has 3 aromatic rings. The van der Waals surface area contributed by atoms with Crippen LogP contribution >= 0.6 is 15.9 Å². The molecule has 0 spiro atoms. The van der Waals surface area contributed by atoms with Crippen LogP contribution in [0.2, 0.25) is 0 Å².